The minimum absolute atomic E-state index is 0.152. The van der Waals surface area contributed by atoms with E-state index in [1.165, 1.54) is 6.07 Å². The fourth-order valence-corrected chi connectivity index (χ4v) is 0.752. The van der Waals surface area contributed by atoms with Crippen molar-refractivity contribution in [3.8, 4) is 0 Å². The Bertz CT molecular complexity index is 207. The molecule has 1 rings (SSSR count). The van der Waals surface area contributed by atoms with E-state index in [0.717, 1.165) is 6.20 Å². The molecule has 0 amide bonds. The summed E-state index contributed by atoms with van der Waals surface area (Å²) in [6, 6.07) is 2.92. The van der Waals surface area contributed by atoms with Crippen molar-refractivity contribution in [1.29, 1.82) is 0 Å². The first-order valence-corrected chi connectivity index (χ1v) is 3.39. The van der Waals surface area contributed by atoms with Crippen molar-refractivity contribution >= 4 is 11.6 Å². The zero-order chi connectivity index (χ0) is 7.56. The SMILES string of the molecule is CC(Cl)c1ccc(F)cn1. The van der Waals surface area contributed by atoms with Gasteiger partial charge in [0.05, 0.1) is 17.3 Å². The largest absolute Gasteiger partial charge is 0.257 e. The van der Waals surface area contributed by atoms with Crippen LogP contribution < -0.4 is 0 Å². The molecule has 3 heteroatoms. The van der Waals surface area contributed by atoms with Gasteiger partial charge in [-0.15, -0.1) is 11.6 Å². The van der Waals surface area contributed by atoms with E-state index in [0.29, 0.717) is 5.69 Å². The smallest absolute Gasteiger partial charge is 0.141 e. The molecule has 1 atom stereocenters. The van der Waals surface area contributed by atoms with Crippen molar-refractivity contribution in [1.82, 2.24) is 4.98 Å². The van der Waals surface area contributed by atoms with E-state index in [1.54, 1.807) is 13.0 Å². The van der Waals surface area contributed by atoms with Crippen LogP contribution in [0.1, 0.15) is 18.0 Å². The molecule has 1 aromatic heterocycles. The number of alkyl halides is 1. The molecule has 10 heavy (non-hydrogen) atoms. The van der Waals surface area contributed by atoms with Crippen LogP contribution in [-0.2, 0) is 0 Å². The van der Waals surface area contributed by atoms with Gasteiger partial charge in [0.15, 0.2) is 0 Å². The number of rotatable bonds is 1. The van der Waals surface area contributed by atoms with Gasteiger partial charge in [0.2, 0.25) is 0 Å². The second-order valence-electron chi connectivity index (χ2n) is 2.02. The Labute approximate surface area is 63.8 Å². The number of halogens is 2. The molecular formula is C7H7ClFN. The highest BCUT2D eigenvalue weighted by atomic mass is 35.5. The quantitative estimate of drug-likeness (QED) is 0.574. The molecule has 0 aliphatic rings. The van der Waals surface area contributed by atoms with Crippen molar-refractivity contribution in [3.05, 3.63) is 29.8 Å². The molecule has 0 aliphatic heterocycles. The number of nitrogens with zero attached hydrogens (tertiary/aromatic N) is 1. The van der Waals surface area contributed by atoms with Crippen LogP contribution in [-0.4, -0.2) is 4.98 Å². The fourth-order valence-electron chi connectivity index (χ4n) is 0.623. The number of hydrogen-bond donors (Lipinski definition) is 0. The summed E-state index contributed by atoms with van der Waals surface area (Å²) in [5.74, 6) is -0.332. The number of hydrogen-bond acceptors (Lipinski definition) is 1. The highest BCUT2D eigenvalue weighted by Gasteiger charge is 2.00. The van der Waals surface area contributed by atoms with Crippen LogP contribution in [0, 0.1) is 5.82 Å². The summed E-state index contributed by atoms with van der Waals surface area (Å²) in [6.45, 7) is 1.79. The van der Waals surface area contributed by atoms with Gasteiger partial charge in [0, 0.05) is 0 Å². The third kappa shape index (κ3) is 1.67. The van der Waals surface area contributed by atoms with Gasteiger partial charge in [-0.2, -0.15) is 0 Å². The summed E-state index contributed by atoms with van der Waals surface area (Å²) in [7, 11) is 0. The summed E-state index contributed by atoms with van der Waals surface area (Å²) in [5, 5.41) is -0.152. The zero-order valence-corrected chi connectivity index (χ0v) is 6.27. The molecule has 1 heterocycles. The Balaban J connectivity index is 2.89. The summed E-state index contributed by atoms with van der Waals surface area (Å²) < 4.78 is 12.2. The summed E-state index contributed by atoms with van der Waals surface area (Å²) >= 11 is 5.67. The van der Waals surface area contributed by atoms with Gasteiger partial charge in [-0.25, -0.2) is 4.39 Å². The molecule has 0 fully saturated rings. The standard InChI is InChI=1S/C7H7ClFN/c1-5(8)7-3-2-6(9)4-10-7/h2-5H,1H3. The highest BCUT2D eigenvalue weighted by molar-refractivity contribution is 6.20. The first kappa shape index (κ1) is 7.48. The van der Waals surface area contributed by atoms with E-state index in [9.17, 15) is 4.39 Å². The van der Waals surface area contributed by atoms with Crippen molar-refractivity contribution in [2.75, 3.05) is 0 Å². The van der Waals surface area contributed by atoms with Crippen molar-refractivity contribution in [2.45, 2.75) is 12.3 Å². The fraction of sp³-hybridized carbons (Fsp3) is 0.286. The van der Waals surface area contributed by atoms with E-state index in [-0.39, 0.29) is 11.2 Å². The lowest BCUT2D eigenvalue weighted by Crippen LogP contribution is -1.89. The summed E-state index contributed by atoms with van der Waals surface area (Å²) in [5.41, 5.74) is 0.697. The average molecular weight is 160 g/mol. The lowest BCUT2D eigenvalue weighted by Gasteiger charge is -1.99. The normalized spacial score (nSPS) is 13.1. The molecule has 1 nitrogen and oxygen atoms in total. The average Bonchev–Trinajstić information content (AvgIpc) is 1.88. The van der Waals surface area contributed by atoms with Crippen LogP contribution in [0.2, 0.25) is 0 Å². The second-order valence-corrected chi connectivity index (χ2v) is 2.67. The van der Waals surface area contributed by atoms with Crippen LogP contribution in [0.5, 0.6) is 0 Å². The van der Waals surface area contributed by atoms with Crippen LogP contribution >= 0.6 is 11.6 Å². The predicted octanol–water partition coefficient (Wildman–Crippen LogP) is 2.52. The molecule has 0 bridgehead atoms. The second kappa shape index (κ2) is 2.97. The summed E-state index contributed by atoms with van der Waals surface area (Å²) in [4.78, 5) is 3.77. The topological polar surface area (TPSA) is 12.9 Å². The minimum Gasteiger partial charge on any atom is -0.257 e. The zero-order valence-electron chi connectivity index (χ0n) is 5.51. The maximum atomic E-state index is 12.2. The van der Waals surface area contributed by atoms with Gasteiger partial charge in [-0.1, -0.05) is 0 Å². The molecule has 1 aromatic rings. The third-order valence-electron chi connectivity index (χ3n) is 1.16. The first-order chi connectivity index (χ1) is 4.70. The maximum absolute atomic E-state index is 12.2. The van der Waals surface area contributed by atoms with Crippen molar-refractivity contribution in [3.63, 3.8) is 0 Å². The third-order valence-corrected chi connectivity index (χ3v) is 1.38. The monoisotopic (exact) mass is 159 g/mol. The minimum atomic E-state index is -0.332. The number of aromatic nitrogens is 1. The molecule has 0 saturated heterocycles. The lowest BCUT2D eigenvalue weighted by molar-refractivity contribution is 0.619. The maximum Gasteiger partial charge on any atom is 0.141 e. The molecule has 1 unspecified atom stereocenters. The molecule has 0 aromatic carbocycles. The number of pyridine rings is 1. The van der Waals surface area contributed by atoms with Crippen LogP contribution in [0.25, 0.3) is 0 Å². The van der Waals surface area contributed by atoms with Gasteiger partial charge in [0.25, 0.3) is 0 Å². The van der Waals surface area contributed by atoms with Crippen molar-refractivity contribution < 1.29 is 4.39 Å². The van der Waals surface area contributed by atoms with Gasteiger partial charge >= 0.3 is 0 Å². The Hall–Kier alpha value is -0.630. The molecule has 0 N–H and O–H groups in total. The van der Waals surface area contributed by atoms with E-state index in [4.69, 9.17) is 11.6 Å². The molecular weight excluding hydrogens is 153 g/mol. The van der Waals surface area contributed by atoms with Crippen molar-refractivity contribution in [2.24, 2.45) is 0 Å². The lowest BCUT2D eigenvalue weighted by atomic mass is 10.3. The van der Waals surface area contributed by atoms with Gasteiger partial charge < -0.3 is 0 Å². The Kier molecular flexibility index (Phi) is 2.22. The molecule has 0 aliphatic carbocycles. The Morgan fingerprint density at radius 1 is 1.60 bits per heavy atom. The first-order valence-electron chi connectivity index (χ1n) is 2.95. The van der Waals surface area contributed by atoms with Gasteiger partial charge in [0.1, 0.15) is 5.82 Å². The van der Waals surface area contributed by atoms with E-state index >= 15 is 0 Å². The van der Waals surface area contributed by atoms with Gasteiger partial charge in [-0.3, -0.25) is 4.98 Å². The van der Waals surface area contributed by atoms with Crippen LogP contribution in [0.3, 0.4) is 0 Å². The highest BCUT2D eigenvalue weighted by Crippen LogP contribution is 2.15. The molecule has 0 radical (unpaired) electrons. The van der Waals surface area contributed by atoms with E-state index < -0.39 is 0 Å². The van der Waals surface area contributed by atoms with Crippen LogP contribution in [0.15, 0.2) is 18.3 Å². The van der Waals surface area contributed by atoms with E-state index in [2.05, 4.69) is 4.98 Å². The molecule has 0 spiro atoms. The molecule has 0 saturated carbocycles. The summed E-state index contributed by atoms with van der Waals surface area (Å²) in [6.07, 6.45) is 1.16. The van der Waals surface area contributed by atoms with E-state index in [1.807, 2.05) is 0 Å². The van der Waals surface area contributed by atoms with Crippen LogP contribution in [0.4, 0.5) is 4.39 Å². The predicted molar refractivity (Wildman–Crippen MR) is 38.5 cm³/mol. The van der Waals surface area contributed by atoms with Gasteiger partial charge in [-0.05, 0) is 19.1 Å². The molecule has 54 valence electrons. The Morgan fingerprint density at radius 2 is 2.30 bits per heavy atom. The Morgan fingerprint density at radius 3 is 2.70 bits per heavy atom.